The Labute approximate surface area is 155 Å². The molecule has 1 unspecified atom stereocenters. The van der Waals surface area contributed by atoms with E-state index >= 15 is 0 Å². The van der Waals surface area contributed by atoms with Crippen LogP contribution in [0.15, 0.2) is 49.6 Å². The van der Waals surface area contributed by atoms with Crippen molar-refractivity contribution in [1.82, 2.24) is 0 Å². The Hall–Kier alpha value is -2.68. The van der Waals surface area contributed by atoms with E-state index in [1.165, 1.54) is 5.56 Å². The minimum Gasteiger partial charge on any atom is -0.496 e. The van der Waals surface area contributed by atoms with Gasteiger partial charge in [0, 0.05) is 46.0 Å². The Bertz CT molecular complexity index is 911. The molecule has 0 aliphatic carbocycles. The van der Waals surface area contributed by atoms with Crippen molar-refractivity contribution in [3.63, 3.8) is 0 Å². The lowest BCUT2D eigenvalue weighted by atomic mass is 9.78. The van der Waals surface area contributed by atoms with E-state index in [0.29, 0.717) is 0 Å². The highest BCUT2D eigenvalue weighted by Crippen LogP contribution is 2.54. The molecule has 2 aromatic carbocycles. The number of anilines is 1. The third-order valence-corrected chi connectivity index (χ3v) is 5.16. The minimum atomic E-state index is -0.0963. The summed E-state index contributed by atoms with van der Waals surface area (Å²) in [4.78, 5) is 0. The van der Waals surface area contributed by atoms with E-state index in [1.807, 2.05) is 24.3 Å². The highest BCUT2D eigenvalue weighted by Gasteiger charge is 2.36. The van der Waals surface area contributed by atoms with Crippen molar-refractivity contribution in [2.75, 3.05) is 12.4 Å². The molecule has 2 aliphatic rings. The standard InChI is InChI=1S/C23H25NO2/c1-6-9-18-22-20-14(2)13-23(3,4)24-16(20)12-19(25-5)21(22)15-10-7-8-11-17(15)26-18/h6-8,10-12,18,24H,1-2,9,13H2,3-5H3. The predicted molar refractivity (Wildman–Crippen MR) is 108 cm³/mol. The van der Waals surface area contributed by atoms with E-state index in [2.05, 4.69) is 44.5 Å². The summed E-state index contributed by atoms with van der Waals surface area (Å²) in [6.07, 6.45) is 3.44. The third kappa shape index (κ3) is 2.50. The first-order chi connectivity index (χ1) is 12.4. The number of benzene rings is 2. The van der Waals surface area contributed by atoms with Crippen molar-refractivity contribution in [1.29, 1.82) is 0 Å². The molecule has 0 saturated heterocycles. The average Bonchev–Trinajstić information content (AvgIpc) is 2.59. The fourth-order valence-corrected chi connectivity index (χ4v) is 4.25. The molecule has 2 heterocycles. The number of nitrogens with one attached hydrogen (secondary N) is 1. The molecule has 0 spiro atoms. The second-order valence-corrected chi connectivity index (χ2v) is 7.71. The van der Waals surface area contributed by atoms with E-state index < -0.39 is 0 Å². The number of hydrogen-bond acceptors (Lipinski definition) is 3. The summed E-state index contributed by atoms with van der Waals surface area (Å²) in [6, 6.07) is 10.3. The van der Waals surface area contributed by atoms with Crippen molar-refractivity contribution >= 4 is 11.3 Å². The topological polar surface area (TPSA) is 30.5 Å². The van der Waals surface area contributed by atoms with Crippen LogP contribution in [0.4, 0.5) is 5.69 Å². The Morgan fingerprint density at radius 1 is 1.31 bits per heavy atom. The second-order valence-electron chi connectivity index (χ2n) is 7.71. The van der Waals surface area contributed by atoms with Crippen molar-refractivity contribution in [2.45, 2.75) is 38.3 Å². The fraction of sp³-hybridized carbons (Fsp3) is 0.304. The average molecular weight is 347 g/mol. The van der Waals surface area contributed by atoms with Crippen LogP contribution in [0.1, 0.15) is 43.9 Å². The zero-order valence-electron chi connectivity index (χ0n) is 15.7. The highest BCUT2D eigenvalue weighted by molar-refractivity contribution is 5.92. The van der Waals surface area contributed by atoms with Gasteiger partial charge in [0.05, 0.1) is 7.11 Å². The molecular formula is C23H25NO2. The number of fused-ring (bicyclic) bond motifs is 5. The van der Waals surface area contributed by atoms with Gasteiger partial charge in [-0.25, -0.2) is 0 Å². The SMILES string of the molecule is C=CCC1Oc2ccccc2-c2c(OC)cc3c(c21)C(=C)CC(C)(C)N3. The Morgan fingerprint density at radius 3 is 2.81 bits per heavy atom. The molecule has 4 rings (SSSR count). The van der Waals surface area contributed by atoms with Gasteiger partial charge < -0.3 is 14.8 Å². The van der Waals surface area contributed by atoms with Crippen LogP contribution in [-0.2, 0) is 0 Å². The predicted octanol–water partition coefficient (Wildman–Crippen LogP) is 5.98. The van der Waals surface area contributed by atoms with Crippen molar-refractivity contribution < 1.29 is 9.47 Å². The molecule has 1 N–H and O–H groups in total. The summed E-state index contributed by atoms with van der Waals surface area (Å²) in [5, 5.41) is 3.66. The molecular weight excluding hydrogens is 322 g/mol. The lowest BCUT2D eigenvalue weighted by Crippen LogP contribution is -2.35. The molecule has 26 heavy (non-hydrogen) atoms. The normalized spacial score (nSPS) is 19.3. The van der Waals surface area contributed by atoms with Gasteiger partial charge in [-0.1, -0.05) is 30.9 Å². The lowest BCUT2D eigenvalue weighted by Gasteiger charge is -2.40. The maximum absolute atomic E-state index is 6.37. The van der Waals surface area contributed by atoms with Gasteiger partial charge in [-0.05, 0) is 31.9 Å². The largest absolute Gasteiger partial charge is 0.496 e. The first-order valence-corrected chi connectivity index (χ1v) is 9.03. The molecule has 0 radical (unpaired) electrons. The molecule has 2 aromatic rings. The highest BCUT2D eigenvalue weighted by atomic mass is 16.5. The van der Waals surface area contributed by atoms with E-state index in [1.54, 1.807) is 7.11 Å². The number of rotatable bonds is 3. The summed E-state index contributed by atoms with van der Waals surface area (Å²) in [7, 11) is 1.73. The van der Waals surface area contributed by atoms with Crippen LogP contribution in [-0.4, -0.2) is 12.6 Å². The van der Waals surface area contributed by atoms with Crippen LogP contribution in [0.2, 0.25) is 0 Å². The second kappa shape index (κ2) is 5.94. The third-order valence-electron chi connectivity index (χ3n) is 5.16. The maximum Gasteiger partial charge on any atom is 0.129 e. The molecule has 134 valence electrons. The van der Waals surface area contributed by atoms with Gasteiger partial charge in [-0.2, -0.15) is 0 Å². The van der Waals surface area contributed by atoms with Gasteiger partial charge in [0.2, 0.25) is 0 Å². The molecule has 0 saturated carbocycles. The van der Waals surface area contributed by atoms with Gasteiger partial charge in [-0.15, -0.1) is 6.58 Å². The van der Waals surface area contributed by atoms with Crippen molar-refractivity contribution in [3.8, 4) is 22.6 Å². The minimum absolute atomic E-state index is 0.0370. The van der Waals surface area contributed by atoms with E-state index in [0.717, 1.165) is 52.3 Å². The first-order valence-electron chi connectivity index (χ1n) is 9.03. The van der Waals surface area contributed by atoms with Crippen LogP contribution < -0.4 is 14.8 Å². The smallest absolute Gasteiger partial charge is 0.129 e. The fourth-order valence-electron chi connectivity index (χ4n) is 4.25. The molecule has 0 fully saturated rings. The molecule has 1 atom stereocenters. The maximum atomic E-state index is 6.37. The first kappa shape index (κ1) is 16.8. The summed E-state index contributed by atoms with van der Waals surface area (Å²) in [5.74, 6) is 1.75. The molecule has 2 aliphatic heterocycles. The van der Waals surface area contributed by atoms with Gasteiger partial charge in [0.15, 0.2) is 0 Å². The zero-order chi connectivity index (χ0) is 18.5. The number of para-hydroxylation sites is 1. The van der Waals surface area contributed by atoms with Gasteiger partial charge >= 0.3 is 0 Å². The zero-order valence-corrected chi connectivity index (χ0v) is 15.7. The van der Waals surface area contributed by atoms with Gasteiger partial charge in [0.1, 0.15) is 17.6 Å². The van der Waals surface area contributed by atoms with Crippen LogP contribution in [0.25, 0.3) is 16.7 Å². The quantitative estimate of drug-likeness (QED) is 0.693. The Kier molecular flexibility index (Phi) is 3.83. The number of methoxy groups -OCH3 is 1. The Morgan fingerprint density at radius 2 is 2.08 bits per heavy atom. The monoisotopic (exact) mass is 347 g/mol. The van der Waals surface area contributed by atoms with Gasteiger partial charge in [-0.3, -0.25) is 0 Å². The summed E-state index contributed by atoms with van der Waals surface area (Å²) >= 11 is 0. The number of hydrogen-bond donors (Lipinski definition) is 1. The van der Waals surface area contributed by atoms with Crippen LogP contribution in [0.5, 0.6) is 11.5 Å². The molecule has 0 amide bonds. The summed E-state index contributed by atoms with van der Waals surface area (Å²) in [5.41, 5.74) is 6.68. The van der Waals surface area contributed by atoms with E-state index in [4.69, 9.17) is 9.47 Å². The van der Waals surface area contributed by atoms with Crippen LogP contribution >= 0.6 is 0 Å². The Balaban J connectivity index is 2.06. The summed E-state index contributed by atoms with van der Waals surface area (Å²) in [6.45, 7) is 12.7. The van der Waals surface area contributed by atoms with Crippen LogP contribution in [0, 0.1) is 0 Å². The van der Waals surface area contributed by atoms with Crippen molar-refractivity contribution in [2.24, 2.45) is 0 Å². The number of ether oxygens (including phenoxy) is 2. The van der Waals surface area contributed by atoms with Crippen LogP contribution in [0.3, 0.4) is 0 Å². The van der Waals surface area contributed by atoms with Gasteiger partial charge in [0.25, 0.3) is 0 Å². The van der Waals surface area contributed by atoms with E-state index in [9.17, 15) is 0 Å². The molecule has 0 bridgehead atoms. The summed E-state index contributed by atoms with van der Waals surface area (Å²) < 4.78 is 12.2. The van der Waals surface area contributed by atoms with E-state index in [-0.39, 0.29) is 11.6 Å². The molecule has 0 aromatic heterocycles. The lowest BCUT2D eigenvalue weighted by molar-refractivity contribution is 0.204. The molecule has 3 heteroatoms. The molecule has 3 nitrogen and oxygen atoms in total. The van der Waals surface area contributed by atoms with Crippen molar-refractivity contribution in [3.05, 3.63) is 60.7 Å².